The van der Waals surface area contributed by atoms with Crippen molar-refractivity contribution in [2.24, 2.45) is 0 Å². The van der Waals surface area contributed by atoms with Gasteiger partial charge in [0.2, 0.25) is 0 Å². The Bertz CT molecular complexity index is 1220. The van der Waals surface area contributed by atoms with E-state index < -0.39 is 10.0 Å². The minimum atomic E-state index is -3.82. The number of halogens is 1. The molecular formula is C20H17ClN4O2S. The van der Waals surface area contributed by atoms with Crippen molar-refractivity contribution in [3.05, 3.63) is 89.3 Å². The summed E-state index contributed by atoms with van der Waals surface area (Å²) in [5.41, 5.74) is 2.01. The highest BCUT2D eigenvalue weighted by Crippen LogP contribution is 2.26. The minimum Gasteiger partial charge on any atom is -0.285 e. The molecule has 0 saturated carbocycles. The Hall–Kier alpha value is -2.90. The molecular weight excluding hydrogens is 396 g/mol. The second-order valence-corrected chi connectivity index (χ2v) is 8.61. The molecule has 0 saturated heterocycles. The van der Waals surface area contributed by atoms with Crippen LogP contribution in [0, 0.1) is 6.92 Å². The molecule has 0 radical (unpaired) electrons. The van der Waals surface area contributed by atoms with Crippen LogP contribution < -0.4 is 4.31 Å². The van der Waals surface area contributed by atoms with E-state index in [1.807, 2.05) is 30.3 Å². The number of benzene rings is 2. The van der Waals surface area contributed by atoms with Gasteiger partial charge in [-0.2, -0.15) is 0 Å². The molecule has 28 heavy (non-hydrogen) atoms. The molecule has 2 aromatic carbocycles. The van der Waals surface area contributed by atoms with Crippen molar-refractivity contribution < 1.29 is 8.42 Å². The van der Waals surface area contributed by atoms with E-state index in [0.717, 1.165) is 5.56 Å². The number of aromatic nitrogens is 3. The Balaban J connectivity index is 1.81. The van der Waals surface area contributed by atoms with E-state index in [0.29, 0.717) is 22.2 Å². The summed E-state index contributed by atoms with van der Waals surface area (Å²) in [5.74, 6) is 0.621. The first kappa shape index (κ1) is 18.5. The van der Waals surface area contributed by atoms with Crippen LogP contribution in [0.15, 0.2) is 77.8 Å². The maximum Gasteiger partial charge on any atom is 0.266 e. The number of rotatable bonds is 5. The van der Waals surface area contributed by atoms with Gasteiger partial charge < -0.3 is 0 Å². The first-order chi connectivity index (χ1) is 13.4. The van der Waals surface area contributed by atoms with E-state index in [9.17, 15) is 8.42 Å². The lowest BCUT2D eigenvalue weighted by molar-refractivity contribution is 0.590. The SMILES string of the molecule is Cc1nnc2ccc(S(=O)(=O)N(Cc3ccc(Cl)cc3)c3ccccc3)cn12. The molecule has 0 aliphatic rings. The zero-order valence-corrected chi connectivity index (χ0v) is 16.6. The Morgan fingerprint density at radius 3 is 2.39 bits per heavy atom. The van der Waals surface area contributed by atoms with Crippen molar-refractivity contribution in [3.8, 4) is 0 Å². The molecule has 0 bridgehead atoms. The number of hydrogen-bond donors (Lipinski definition) is 0. The van der Waals surface area contributed by atoms with Crippen molar-refractivity contribution >= 4 is 33.0 Å². The summed E-state index contributed by atoms with van der Waals surface area (Å²) in [5, 5.41) is 8.61. The lowest BCUT2D eigenvalue weighted by Crippen LogP contribution is -2.30. The lowest BCUT2D eigenvalue weighted by atomic mass is 10.2. The summed E-state index contributed by atoms with van der Waals surface area (Å²) in [4.78, 5) is 0.167. The fraction of sp³-hybridized carbons (Fsp3) is 0.100. The van der Waals surface area contributed by atoms with E-state index in [1.165, 1.54) is 4.31 Å². The molecule has 4 aromatic rings. The molecule has 0 amide bonds. The molecule has 2 heterocycles. The Kier molecular flexibility index (Phi) is 4.78. The molecule has 0 atom stereocenters. The van der Waals surface area contributed by atoms with Crippen LogP contribution in [0.2, 0.25) is 5.02 Å². The van der Waals surface area contributed by atoms with Gasteiger partial charge in [0.05, 0.1) is 12.2 Å². The van der Waals surface area contributed by atoms with Gasteiger partial charge in [-0.25, -0.2) is 8.42 Å². The third-order valence-electron chi connectivity index (χ3n) is 4.42. The van der Waals surface area contributed by atoms with Crippen molar-refractivity contribution in [2.45, 2.75) is 18.4 Å². The predicted octanol–water partition coefficient (Wildman–Crippen LogP) is 4.09. The fourth-order valence-corrected chi connectivity index (χ4v) is 4.51. The first-order valence-corrected chi connectivity index (χ1v) is 10.4. The molecule has 4 rings (SSSR count). The van der Waals surface area contributed by atoms with Crippen LogP contribution in [-0.2, 0) is 16.6 Å². The van der Waals surface area contributed by atoms with Crippen LogP contribution in [0.5, 0.6) is 0 Å². The van der Waals surface area contributed by atoms with Crippen LogP contribution in [0.4, 0.5) is 5.69 Å². The quantitative estimate of drug-likeness (QED) is 0.495. The molecule has 0 spiro atoms. The molecule has 0 aliphatic heterocycles. The van der Waals surface area contributed by atoms with E-state index in [-0.39, 0.29) is 11.4 Å². The molecule has 8 heteroatoms. The summed E-state index contributed by atoms with van der Waals surface area (Å²) in [6, 6.07) is 19.4. The molecule has 142 valence electrons. The van der Waals surface area contributed by atoms with Crippen LogP contribution in [-0.4, -0.2) is 23.0 Å². The normalized spacial score (nSPS) is 11.6. The molecule has 0 aliphatic carbocycles. The van der Waals surface area contributed by atoms with Gasteiger partial charge in [0, 0.05) is 11.2 Å². The summed E-state index contributed by atoms with van der Waals surface area (Å²) in [7, 11) is -3.82. The van der Waals surface area contributed by atoms with E-state index in [1.54, 1.807) is 53.9 Å². The molecule has 2 aromatic heterocycles. The molecule has 0 unspecified atom stereocenters. The van der Waals surface area contributed by atoms with E-state index in [2.05, 4.69) is 10.2 Å². The lowest BCUT2D eigenvalue weighted by Gasteiger charge is -2.25. The topological polar surface area (TPSA) is 67.6 Å². The summed E-state index contributed by atoms with van der Waals surface area (Å²) < 4.78 is 30.1. The highest BCUT2D eigenvalue weighted by Gasteiger charge is 2.26. The molecule has 0 N–H and O–H groups in total. The monoisotopic (exact) mass is 412 g/mol. The van der Waals surface area contributed by atoms with E-state index in [4.69, 9.17) is 11.6 Å². The number of sulfonamides is 1. The van der Waals surface area contributed by atoms with Gasteiger partial charge in [-0.15, -0.1) is 10.2 Å². The third kappa shape index (κ3) is 3.46. The van der Waals surface area contributed by atoms with Gasteiger partial charge in [0.25, 0.3) is 10.0 Å². The smallest absolute Gasteiger partial charge is 0.266 e. The molecule has 0 fully saturated rings. The molecule has 6 nitrogen and oxygen atoms in total. The number of para-hydroxylation sites is 1. The van der Waals surface area contributed by atoms with Crippen molar-refractivity contribution in [1.82, 2.24) is 14.6 Å². The summed E-state index contributed by atoms with van der Waals surface area (Å²) >= 11 is 5.96. The van der Waals surface area contributed by atoms with Gasteiger partial charge in [0.1, 0.15) is 10.7 Å². The number of aryl methyl sites for hydroxylation is 1. The largest absolute Gasteiger partial charge is 0.285 e. The van der Waals surface area contributed by atoms with Crippen LogP contribution in [0.1, 0.15) is 11.4 Å². The summed E-state index contributed by atoms with van der Waals surface area (Å²) in [6.07, 6.45) is 1.55. The maximum absolute atomic E-state index is 13.5. The summed E-state index contributed by atoms with van der Waals surface area (Å²) in [6.45, 7) is 1.96. The van der Waals surface area contributed by atoms with Gasteiger partial charge in [-0.1, -0.05) is 41.9 Å². The van der Waals surface area contributed by atoms with Crippen LogP contribution in [0.25, 0.3) is 5.65 Å². The van der Waals surface area contributed by atoms with Crippen molar-refractivity contribution in [1.29, 1.82) is 0 Å². The number of nitrogens with zero attached hydrogens (tertiary/aromatic N) is 4. The minimum absolute atomic E-state index is 0.167. The van der Waals surface area contributed by atoms with Gasteiger partial charge >= 0.3 is 0 Å². The second kappa shape index (κ2) is 7.26. The van der Waals surface area contributed by atoms with Crippen molar-refractivity contribution in [3.63, 3.8) is 0 Å². The average Bonchev–Trinajstić information content (AvgIpc) is 3.08. The fourth-order valence-electron chi connectivity index (χ4n) is 2.93. The zero-order valence-electron chi connectivity index (χ0n) is 15.0. The van der Waals surface area contributed by atoms with Crippen LogP contribution in [0.3, 0.4) is 0 Å². The van der Waals surface area contributed by atoms with Gasteiger partial charge in [-0.3, -0.25) is 8.71 Å². The second-order valence-electron chi connectivity index (χ2n) is 6.31. The highest BCUT2D eigenvalue weighted by atomic mass is 35.5. The van der Waals surface area contributed by atoms with Crippen molar-refractivity contribution in [2.75, 3.05) is 4.31 Å². The van der Waals surface area contributed by atoms with Gasteiger partial charge in [-0.05, 0) is 48.9 Å². The predicted molar refractivity (Wildman–Crippen MR) is 109 cm³/mol. The standard InChI is InChI=1S/C20H17ClN4O2S/c1-15-22-23-20-12-11-19(14-24(15)20)28(26,27)25(18-5-3-2-4-6-18)13-16-7-9-17(21)10-8-16/h2-12,14H,13H2,1H3. The Morgan fingerprint density at radius 2 is 1.68 bits per heavy atom. The number of anilines is 1. The zero-order chi connectivity index (χ0) is 19.7. The maximum atomic E-state index is 13.5. The number of hydrogen-bond acceptors (Lipinski definition) is 4. The number of fused-ring (bicyclic) bond motifs is 1. The first-order valence-electron chi connectivity index (χ1n) is 8.59. The average molecular weight is 413 g/mol. The van der Waals surface area contributed by atoms with Crippen LogP contribution >= 0.6 is 11.6 Å². The Labute approximate surface area is 168 Å². The van der Waals surface area contributed by atoms with E-state index >= 15 is 0 Å². The number of pyridine rings is 1. The van der Waals surface area contributed by atoms with Gasteiger partial charge in [0.15, 0.2) is 5.65 Å². The highest BCUT2D eigenvalue weighted by molar-refractivity contribution is 7.92. The third-order valence-corrected chi connectivity index (χ3v) is 6.43. The Morgan fingerprint density at radius 1 is 0.964 bits per heavy atom.